The number of esters is 2. The molecule has 8 nitrogen and oxygen atoms in total. The van der Waals surface area contributed by atoms with Gasteiger partial charge in [0, 0.05) is 5.56 Å². The lowest BCUT2D eigenvalue weighted by Gasteiger charge is -2.39. The molecule has 238 valence electrons. The van der Waals surface area contributed by atoms with Crippen LogP contribution in [0.4, 0.5) is 0 Å². The highest BCUT2D eigenvalue weighted by Gasteiger charge is 2.40. The Kier molecular flexibility index (Phi) is 11.4. The van der Waals surface area contributed by atoms with Crippen molar-refractivity contribution in [1.29, 1.82) is 0 Å². The number of carbonyl (C=O) groups excluding carboxylic acids is 2. The SMILES string of the molecule is CC[C@H](C)[C@H](N[C@@H]1C=Cc2c([C@H](C)O[Si](C)(C)C(C)(C)C)cc(COC(=O)C(C)(C)C)nc2[C@H]1O)C(=O)OC(C)(C)C. The topological polar surface area (TPSA) is 107 Å². The van der Waals surface area contributed by atoms with Crippen LogP contribution in [0.15, 0.2) is 12.1 Å². The van der Waals surface area contributed by atoms with E-state index in [4.69, 9.17) is 18.9 Å². The van der Waals surface area contributed by atoms with Gasteiger partial charge in [-0.2, -0.15) is 0 Å². The number of aliphatic hydroxyl groups is 1. The smallest absolute Gasteiger partial charge is 0.323 e. The maximum Gasteiger partial charge on any atom is 0.323 e. The Morgan fingerprint density at radius 1 is 1.07 bits per heavy atom. The minimum Gasteiger partial charge on any atom is -0.459 e. The van der Waals surface area contributed by atoms with Crippen LogP contribution in [-0.2, 0) is 30.1 Å². The molecule has 2 N–H and O–H groups in total. The van der Waals surface area contributed by atoms with Crippen molar-refractivity contribution in [3.8, 4) is 0 Å². The highest BCUT2D eigenvalue weighted by molar-refractivity contribution is 6.74. The van der Waals surface area contributed by atoms with Gasteiger partial charge in [0.15, 0.2) is 8.32 Å². The standard InChI is InChI=1S/C33H56N2O6Si/c1-15-20(2)26(29(37)40-32(7,8)9)35-25-17-16-23-24(21(3)41-42(13,14)33(10,11)12)18-22(34-27(23)28(25)36)19-39-30(38)31(4,5)6/h16-18,20-21,25-26,28,35-36H,15,19H2,1-14H3/t20-,21-,25+,26-,28-/m0/s1. The molecule has 0 unspecified atom stereocenters. The lowest BCUT2D eigenvalue weighted by molar-refractivity contribution is -0.159. The van der Waals surface area contributed by atoms with E-state index in [0.717, 1.165) is 17.5 Å². The Labute approximate surface area is 255 Å². The van der Waals surface area contributed by atoms with E-state index in [1.165, 1.54) is 0 Å². The molecule has 1 aliphatic rings. The first-order chi connectivity index (χ1) is 19.0. The lowest BCUT2D eigenvalue weighted by Crippen LogP contribution is -2.51. The van der Waals surface area contributed by atoms with Gasteiger partial charge in [0.1, 0.15) is 24.4 Å². The predicted molar refractivity (Wildman–Crippen MR) is 170 cm³/mol. The second-order valence-corrected chi connectivity index (χ2v) is 20.0. The van der Waals surface area contributed by atoms with Crippen molar-refractivity contribution in [1.82, 2.24) is 10.3 Å². The number of fused-ring (bicyclic) bond motifs is 1. The average molecular weight is 605 g/mol. The van der Waals surface area contributed by atoms with Crippen LogP contribution in [0.2, 0.25) is 18.1 Å². The second-order valence-electron chi connectivity index (χ2n) is 15.2. The largest absolute Gasteiger partial charge is 0.459 e. The molecular weight excluding hydrogens is 548 g/mol. The highest BCUT2D eigenvalue weighted by atomic mass is 28.4. The van der Waals surface area contributed by atoms with Crippen molar-refractivity contribution in [2.45, 2.75) is 144 Å². The van der Waals surface area contributed by atoms with Crippen molar-refractivity contribution in [3.05, 3.63) is 34.7 Å². The summed E-state index contributed by atoms with van der Waals surface area (Å²) in [4.78, 5) is 30.5. The van der Waals surface area contributed by atoms with E-state index in [-0.39, 0.29) is 35.6 Å². The zero-order chi connectivity index (χ0) is 32.4. The van der Waals surface area contributed by atoms with Crippen LogP contribution in [-0.4, -0.2) is 48.0 Å². The van der Waals surface area contributed by atoms with Gasteiger partial charge in [0.25, 0.3) is 0 Å². The first kappa shape index (κ1) is 36.1. The molecule has 0 bridgehead atoms. The van der Waals surface area contributed by atoms with E-state index in [1.807, 2.05) is 59.8 Å². The van der Waals surface area contributed by atoms with Crippen molar-refractivity contribution in [3.63, 3.8) is 0 Å². The summed E-state index contributed by atoms with van der Waals surface area (Å²) >= 11 is 0. The fourth-order valence-electron chi connectivity index (χ4n) is 4.40. The zero-order valence-electron chi connectivity index (χ0n) is 28.5. The Morgan fingerprint density at radius 3 is 2.17 bits per heavy atom. The first-order valence-corrected chi connectivity index (χ1v) is 18.1. The first-order valence-electron chi connectivity index (χ1n) is 15.2. The molecule has 0 fully saturated rings. The van der Waals surface area contributed by atoms with Crippen LogP contribution in [0.5, 0.6) is 0 Å². The monoisotopic (exact) mass is 604 g/mol. The van der Waals surface area contributed by atoms with Gasteiger partial charge in [-0.05, 0) is 84.1 Å². The molecule has 0 saturated heterocycles. The van der Waals surface area contributed by atoms with Crippen molar-refractivity contribution >= 4 is 26.3 Å². The summed E-state index contributed by atoms with van der Waals surface area (Å²) in [6.07, 6.45) is 3.26. The molecular formula is C33H56N2O6Si. The molecule has 0 radical (unpaired) electrons. The molecule has 5 atom stereocenters. The maximum atomic E-state index is 13.2. The van der Waals surface area contributed by atoms with Gasteiger partial charge in [0.05, 0.1) is 28.9 Å². The van der Waals surface area contributed by atoms with E-state index in [1.54, 1.807) is 20.8 Å². The van der Waals surface area contributed by atoms with E-state index in [2.05, 4.69) is 39.2 Å². The van der Waals surface area contributed by atoms with Gasteiger partial charge >= 0.3 is 11.9 Å². The van der Waals surface area contributed by atoms with Crippen LogP contribution in [0, 0.1) is 11.3 Å². The van der Waals surface area contributed by atoms with E-state index in [9.17, 15) is 14.7 Å². The predicted octanol–water partition coefficient (Wildman–Crippen LogP) is 7.03. The van der Waals surface area contributed by atoms with Gasteiger partial charge in [-0.15, -0.1) is 0 Å². The Hall–Kier alpha value is -2.07. The van der Waals surface area contributed by atoms with Gasteiger partial charge < -0.3 is 19.0 Å². The summed E-state index contributed by atoms with van der Waals surface area (Å²) in [5, 5.41) is 15.0. The molecule has 2 rings (SSSR count). The third-order valence-corrected chi connectivity index (χ3v) is 12.7. The van der Waals surface area contributed by atoms with Crippen LogP contribution < -0.4 is 5.32 Å². The van der Waals surface area contributed by atoms with Crippen molar-refractivity contribution < 1.29 is 28.6 Å². The van der Waals surface area contributed by atoms with Crippen LogP contribution in [0.3, 0.4) is 0 Å². The number of ether oxygens (including phenoxy) is 2. The Balaban J connectivity index is 2.53. The number of nitrogens with one attached hydrogen (secondary N) is 1. The number of rotatable bonds is 10. The highest BCUT2D eigenvalue weighted by Crippen LogP contribution is 2.41. The minimum absolute atomic E-state index is 0.0104. The fraction of sp³-hybridized carbons (Fsp3) is 0.727. The number of aromatic nitrogens is 1. The fourth-order valence-corrected chi connectivity index (χ4v) is 5.77. The summed E-state index contributed by atoms with van der Waals surface area (Å²) in [5.74, 6) is -0.703. The third-order valence-electron chi connectivity index (χ3n) is 8.19. The van der Waals surface area contributed by atoms with Gasteiger partial charge in [-0.3, -0.25) is 19.9 Å². The molecule has 0 saturated carbocycles. The van der Waals surface area contributed by atoms with Crippen molar-refractivity contribution in [2.24, 2.45) is 11.3 Å². The minimum atomic E-state index is -2.13. The molecule has 1 aromatic rings. The van der Waals surface area contributed by atoms with Crippen LogP contribution >= 0.6 is 0 Å². The summed E-state index contributed by atoms with van der Waals surface area (Å²) in [5.41, 5.74) is 1.38. The van der Waals surface area contributed by atoms with Crippen molar-refractivity contribution in [2.75, 3.05) is 0 Å². The molecule has 1 heterocycles. The quantitative estimate of drug-likeness (QED) is 0.217. The number of hydrogen-bond acceptors (Lipinski definition) is 8. The number of aliphatic hydroxyl groups excluding tert-OH is 1. The molecule has 0 spiro atoms. The summed E-state index contributed by atoms with van der Waals surface area (Å²) in [6.45, 7) is 28.0. The van der Waals surface area contributed by atoms with Gasteiger partial charge in [0.2, 0.25) is 0 Å². The molecule has 42 heavy (non-hydrogen) atoms. The second kappa shape index (κ2) is 13.3. The number of nitrogens with zero attached hydrogens (tertiary/aromatic N) is 1. The Morgan fingerprint density at radius 2 is 1.67 bits per heavy atom. The van der Waals surface area contributed by atoms with E-state index >= 15 is 0 Å². The molecule has 0 aliphatic heterocycles. The third kappa shape index (κ3) is 9.21. The van der Waals surface area contributed by atoms with E-state index < -0.39 is 37.5 Å². The molecule has 0 aromatic carbocycles. The molecule has 9 heteroatoms. The maximum absolute atomic E-state index is 13.2. The molecule has 0 amide bonds. The molecule has 1 aliphatic carbocycles. The van der Waals surface area contributed by atoms with Gasteiger partial charge in [-0.1, -0.05) is 53.2 Å². The average Bonchev–Trinajstić information content (AvgIpc) is 2.83. The van der Waals surface area contributed by atoms with E-state index in [0.29, 0.717) is 11.4 Å². The summed E-state index contributed by atoms with van der Waals surface area (Å²) < 4.78 is 18.1. The zero-order valence-corrected chi connectivity index (χ0v) is 29.5. The number of pyridine rings is 1. The Bertz CT molecular complexity index is 1140. The van der Waals surface area contributed by atoms with Crippen LogP contribution in [0.1, 0.15) is 124 Å². The molecule has 1 aromatic heterocycles. The number of hydrogen-bond donors (Lipinski definition) is 2. The lowest BCUT2D eigenvalue weighted by atomic mass is 9.89. The summed E-state index contributed by atoms with van der Waals surface area (Å²) in [7, 11) is -2.13. The normalized spacial score (nSPS) is 20.0. The number of carbonyl (C=O) groups is 2. The summed E-state index contributed by atoms with van der Waals surface area (Å²) in [6, 6.07) is 0.727. The van der Waals surface area contributed by atoms with Crippen LogP contribution in [0.25, 0.3) is 6.08 Å². The van der Waals surface area contributed by atoms with Gasteiger partial charge in [-0.25, -0.2) is 0 Å².